The molecule has 0 bridgehead atoms. The number of nitrogens with zero attached hydrogens (tertiary/aromatic N) is 2. The highest BCUT2D eigenvalue weighted by Gasteiger charge is 2.13. The molecule has 2 aromatic rings. The van der Waals surface area contributed by atoms with Gasteiger partial charge in [0.15, 0.2) is 0 Å². The fraction of sp³-hybridized carbons (Fsp3) is 0. The zero-order valence-corrected chi connectivity index (χ0v) is 11.2. The maximum atomic E-state index is 11.0. The van der Waals surface area contributed by atoms with Crippen LogP contribution in [0.5, 0.6) is 0 Å². The summed E-state index contributed by atoms with van der Waals surface area (Å²) in [5, 5.41) is 11.9. The van der Waals surface area contributed by atoms with Gasteiger partial charge in [0, 0.05) is 16.4 Å². The fourth-order valence-corrected chi connectivity index (χ4v) is 1.85. The lowest BCUT2D eigenvalue weighted by molar-refractivity contribution is 0.0697. The number of carbonyl (C=O) groups is 1. The molecule has 2 rings (SSSR count). The van der Waals surface area contributed by atoms with Crippen LogP contribution in [0, 0.1) is 0 Å². The van der Waals surface area contributed by atoms with Gasteiger partial charge in [0.1, 0.15) is 11.4 Å². The van der Waals surface area contributed by atoms with Gasteiger partial charge in [0.05, 0.1) is 0 Å². The summed E-state index contributed by atoms with van der Waals surface area (Å²) in [5.41, 5.74) is 0.654. The maximum absolute atomic E-state index is 11.0. The average molecular weight is 329 g/mol. The van der Waals surface area contributed by atoms with Crippen LogP contribution in [0.25, 0.3) is 0 Å². The Bertz CT molecular complexity index is 607. The van der Waals surface area contributed by atoms with Crippen LogP contribution in [0.2, 0.25) is 5.28 Å². The van der Waals surface area contributed by atoms with Crippen LogP contribution in [0.3, 0.4) is 0 Å². The number of hydrogen-bond donors (Lipinski definition) is 2. The van der Waals surface area contributed by atoms with E-state index in [2.05, 4.69) is 31.2 Å². The third kappa shape index (κ3) is 2.96. The van der Waals surface area contributed by atoms with Crippen molar-refractivity contribution in [2.75, 3.05) is 5.32 Å². The van der Waals surface area contributed by atoms with Gasteiger partial charge in [-0.15, -0.1) is 0 Å². The molecule has 0 aliphatic heterocycles. The molecule has 7 heteroatoms. The summed E-state index contributed by atoms with van der Waals surface area (Å²) in [6.45, 7) is 0. The largest absolute Gasteiger partial charge is 0.477 e. The Hall–Kier alpha value is -1.66. The maximum Gasteiger partial charge on any atom is 0.341 e. The highest BCUT2D eigenvalue weighted by Crippen LogP contribution is 2.22. The quantitative estimate of drug-likeness (QED) is 0.845. The number of aromatic carboxylic acids is 1. The summed E-state index contributed by atoms with van der Waals surface area (Å²) in [5.74, 6) is -0.968. The van der Waals surface area contributed by atoms with Crippen molar-refractivity contribution in [2.24, 2.45) is 0 Å². The highest BCUT2D eigenvalue weighted by atomic mass is 79.9. The standard InChI is InChI=1S/C11H7BrClN3O2/c12-6-2-1-3-7(4-6)15-9-8(10(17)18)5-14-11(13)16-9/h1-5H,(H,17,18)(H,14,15,16). The SMILES string of the molecule is O=C(O)c1cnc(Cl)nc1Nc1cccc(Br)c1. The number of halogens is 2. The molecule has 0 atom stereocenters. The van der Waals surface area contributed by atoms with Gasteiger partial charge < -0.3 is 10.4 Å². The second-order valence-electron chi connectivity index (χ2n) is 3.34. The van der Waals surface area contributed by atoms with Crippen LogP contribution >= 0.6 is 27.5 Å². The van der Waals surface area contributed by atoms with Crippen molar-refractivity contribution < 1.29 is 9.90 Å². The average Bonchev–Trinajstić information content (AvgIpc) is 2.28. The summed E-state index contributed by atoms with van der Waals surface area (Å²) in [6, 6.07) is 7.25. The Labute approximate surface area is 116 Å². The predicted molar refractivity (Wildman–Crippen MR) is 71.4 cm³/mol. The molecule has 0 aliphatic rings. The van der Waals surface area contributed by atoms with Crippen molar-refractivity contribution in [3.8, 4) is 0 Å². The van der Waals surface area contributed by atoms with Gasteiger partial charge >= 0.3 is 5.97 Å². The number of rotatable bonds is 3. The Kier molecular flexibility index (Phi) is 3.78. The number of carboxylic acid groups (broad SMARTS) is 1. The van der Waals surface area contributed by atoms with Gasteiger partial charge in [-0.1, -0.05) is 22.0 Å². The van der Waals surface area contributed by atoms with Crippen molar-refractivity contribution in [3.63, 3.8) is 0 Å². The summed E-state index contributed by atoms with van der Waals surface area (Å²) < 4.78 is 0.865. The minimum absolute atomic E-state index is 0.0162. The van der Waals surface area contributed by atoms with Crippen molar-refractivity contribution >= 4 is 45.0 Å². The van der Waals surface area contributed by atoms with E-state index in [0.29, 0.717) is 5.69 Å². The molecule has 0 aliphatic carbocycles. The first kappa shape index (κ1) is 12.8. The predicted octanol–water partition coefficient (Wildman–Crippen LogP) is 3.33. The van der Waals surface area contributed by atoms with Crippen LogP contribution in [0.15, 0.2) is 34.9 Å². The lowest BCUT2D eigenvalue weighted by Gasteiger charge is -2.08. The first-order chi connectivity index (χ1) is 8.56. The van der Waals surface area contributed by atoms with Crippen molar-refractivity contribution in [1.29, 1.82) is 0 Å². The van der Waals surface area contributed by atoms with Crippen LogP contribution in [-0.4, -0.2) is 21.0 Å². The molecule has 18 heavy (non-hydrogen) atoms. The van der Waals surface area contributed by atoms with Crippen molar-refractivity contribution in [3.05, 3.63) is 45.8 Å². The number of carboxylic acids is 1. The topological polar surface area (TPSA) is 75.1 Å². The lowest BCUT2D eigenvalue weighted by atomic mass is 10.3. The van der Waals surface area contributed by atoms with Gasteiger partial charge in [-0.05, 0) is 29.8 Å². The molecule has 0 fully saturated rings. The van der Waals surface area contributed by atoms with Crippen LogP contribution < -0.4 is 5.32 Å². The van der Waals surface area contributed by atoms with E-state index in [1.165, 1.54) is 0 Å². The van der Waals surface area contributed by atoms with E-state index >= 15 is 0 Å². The number of aromatic nitrogens is 2. The van der Waals surface area contributed by atoms with Crippen molar-refractivity contribution in [2.45, 2.75) is 0 Å². The van der Waals surface area contributed by atoms with Gasteiger partial charge in [-0.3, -0.25) is 0 Å². The Morgan fingerprint density at radius 2 is 2.22 bits per heavy atom. The van der Waals surface area contributed by atoms with E-state index in [1.807, 2.05) is 12.1 Å². The van der Waals surface area contributed by atoms with E-state index in [9.17, 15) is 4.79 Å². The van der Waals surface area contributed by atoms with Gasteiger partial charge in [-0.2, -0.15) is 4.98 Å². The highest BCUT2D eigenvalue weighted by molar-refractivity contribution is 9.10. The second kappa shape index (κ2) is 5.32. The molecule has 0 saturated heterocycles. The molecule has 2 N–H and O–H groups in total. The molecule has 0 amide bonds. The monoisotopic (exact) mass is 327 g/mol. The Balaban J connectivity index is 2.39. The summed E-state index contributed by atoms with van der Waals surface area (Å²) in [4.78, 5) is 18.5. The number of hydrogen-bond acceptors (Lipinski definition) is 4. The molecule has 1 heterocycles. The van der Waals surface area contributed by atoms with Gasteiger partial charge in [-0.25, -0.2) is 9.78 Å². The smallest absolute Gasteiger partial charge is 0.341 e. The van der Waals surface area contributed by atoms with E-state index < -0.39 is 5.97 Å². The molecular weight excluding hydrogens is 321 g/mol. The van der Waals surface area contributed by atoms with E-state index in [-0.39, 0.29) is 16.7 Å². The number of anilines is 2. The van der Waals surface area contributed by atoms with E-state index in [4.69, 9.17) is 16.7 Å². The number of nitrogens with one attached hydrogen (secondary N) is 1. The normalized spacial score (nSPS) is 10.1. The summed E-state index contributed by atoms with van der Waals surface area (Å²) >= 11 is 8.98. The molecule has 0 saturated carbocycles. The van der Waals surface area contributed by atoms with Crippen molar-refractivity contribution in [1.82, 2.24) is 9.97 Å². The molecule has 0 unspecified atom stereocenters. The summed E-state index contributed by atoms with van der Waals surface area (Å²) in [7, 11) is 0. The zero-order chi connectivity index (χ0) is 13.1. The third-order valence-electron chi connectivity index (χ3n) is 2.08. The Morgan fingerprint density at radius 1 is 1.44 bits per heavy atom. The lowest BCUT2D eigenvalue weighted by Crippen LogP contribution is -2.06. The molecule has 1 aromatic heterocycles. The first-order valence-electron chi connectivity index (χ1n) is 4.84. The molecule has 1 aromatic carbocycles. The molecule has 0 spiro atoms. The molecular formula is C11H7BrClN3O2. The molecule has 5 nitrogen and oxygen atoms in total. The number of benzene rings is 1. The van der Waals surface area contributed by atoms with E-state index in [0.717, 1.165) is 10.7 Å². The van der Waals surface area contributed by atoms with Crippen LogP contribution in [-0.2, 0) is 0 Å². The van der Waals surface area contributed by atoms with Crippen LogP contribution in [0.1, 0.15) is 10.4 Å². The second-order valence-corrected chi connectivity index (χ2v) is 4.60. The first-order valence-corrected chi connectivity index (χ1v) is 6.02. The molecule has 92 valence electrons. The minimum atomic E-state index is -1.12. The van der Waals surface area contributed by atoms with Crippen LogP contribution in [0.4, 0.5) is 11.5 Å². The summed E-state index contributed by atoms with van der Waals surface area (Å²) in [6.07, 6.45) is 1.16. The zero-order valence-electron chi connectivity index (χ0n) is 8.89. The fourth-order valence-electron chi connectivity index (χ4n) is 1.32. The van der Waals surface area contributed by atoms with Gasteiger partial charge in [0.2, 0.25) is 5.28 Å². The van der Waals surface area contributed by atoms with E-state index in [1.54, 1.807) is 12.1 Å². The van der Waals surface area contributed by atoms with Gasteiger partial charge in [0.25, 0.3) is 0 Å². The minimum Gasteiger partial charge on any atom is -0.477 e. The Morgan fingerprint density at radius 3 is 2.89 bits per heavy atom. The molecule has 0 radical (unpaired) electrons. The third-order valence-corrected chi connectivity index (χ3v) is 2.75.